The van der Waals surface area contributed by atoms with E-state index in [1.165, 1.54) is 12.8 Å². The third-order valence-electron chi connectivity index (χ3n) is 3.48. The molecule has 0 radical (unpaired) electrons. The first-order valence-corrected chi connectivity index (χ1v) is 6.75. The molecule has 0 saturated carbocycles. The Hall–Kier alpha value is -1.36. The lowest BCUT2D eigenvalue weighted by Crippen LogP contribution is -2.44. The molecular formula is C13H22N4O. The molecule has 0 bridgehead atoms. The van der Waals surface area contributed by atoms with Gasteiger partial charge in [-0.3, -0.25) is 9.48 Å². The summed E-state index contributed by atoms with van der Waals surface area (Å²) in [5.74, 6) is 0.138. The average molecular weight is 250 g/mol. The normalized spacial score (nSPS) is 20.4. The molecule has 1 atom stereocenters. The molecule has 1 aliphatic rings. The second-order valence-electron chi connectivity index (χ2n) is 4.84. The smallest absolute Gasteiger partial charge is 0.237 e. The standard InChI is InChI=1S/C13H22N4O/c1-17-11(7-10-16-17)6-9-15-13(18)12-5-3-2-4-8-14-12/h7,10,12,14H,2-6,8-9H2,1H3,(H,15,18). The van der Waals surface area contributed by atoms with Gasteiger partial charge in [-0.1, -0.05) is 12.8 Å². The van der Waals surface area contributed by atoms with E-state index in [0.717, 1.165) is 31.5 Å². The molecule has 1 amide bonds. The predicted molar refractivity (Wildman–Crippen MR) is 70.2 cm³/mol. The van der Waals surface area contributed by atoms with Crippen LogP contribution in [-0.2, 0) is 18.3 Å². The maximum atomic E-state index is 12.0. The Morgan fingerprint density at radius 2 is 2.44 bits per heavy atom. The summed E-state index contributed by atoms with van der Waals surface area (Å²) >= 11 is 0. The molecule has 1 saturated heterocycles. The number of hydrogen-bond acceptors (Lipinski definition) is 3. The van der Waals surface area contributed by atoms with E-state index in [4.69, 9.17) is 0 Å². The molecule has 1 aliphatic heterocycles. The maximum Gasteiger partial charge on any atom is 0.237 e. The summed E-state index contributed by atoms with van der Waals surface area (Å²) in [6.45, 7) is 1.64. The average Bonchev–Trinajstić information content (AvgIpc) is 2.64. The van der Waals surface area contributed by atoms with Crippen molar-refractivity contribution in [2.75, 3.05) is 13.1 Å². The summed E-state index contributed by atoms with van der Waals surface area (Å²) in [6.07, 6.45) is 7.12. The number of aryl methyl sites for hydroxylation is 1. The minimum absolute atomic E-state index is 0.000891. The van der Waals surface area contributed by atoms with Crippen LogP contribution in [0.2, 0.25) is 0 Å². The van der Waals surface area contributed by atoms with E-state index in [1.807, 2.05) is 17.8 Å². The SMILES string of the molecule is Cn1nccc1CCNC(=O)C1CCCCCN1. The molecule has 2 heterocycles. The molecule has 0 aromatic carbocycles. The predicted octanol–water partition coefficient (Wildman–Crippen LogP) is 0.611. The number of carbonyl (C=O) groups excluding carboxylic acids is 1. The van der Waals surface area contributed by atoms with E-state index in [2.05, 4.69) is 15.7 Å². The van der Waals surface area contributed by atoms with Gasteiger partial charge >= 0.3 is 0 Å². The Balaban J connectivity index is 1.72. The van der Waals surface area contributed by atoms with Gasteiger partial charge in [0.1, 0.15) is 0 Å². The summed E-state index contributed by atoms with van der Waals surface area (Å²) in [4.78, 5) is 12.0. The summed E-state index contributed by atoms with van der Waals surface area (Å²) in [5.41, 5.74) is 1.14. The third-order valence-corrected chi connectivity index (χ3v) is 3.48. The van der Waals surface area contributed by atoms with Gasteiger partial charge in [0.05, 0.1) is 6.04 Å². The topological polar surface area (TPSA) is 59.0 Å². The molecule has 18 heavy (non-hydrogen) atoms. The number of rotatable bonds is 4. The maximum absolute atomic E-state index is 12.0. The quantitative estimate of drug-likeness (QED) is 0.823. The van der Waals surface area contributed by atoms with Gasteiger partial charge < -0.3 is 10.6 Å². The molecule has 1 aromatic rings. The van der Waals surface area contributed by atoms with Crippen molar-refractivity contribution in [1.29, 1.82) is 0 Å². The number of nitrogens with zero attached hydrogens (tertiary/aromatic N) is 2. The Kier molecular flexibility index (Phi) is 4.75. The fraction of sp³-hybridized carbons (Fsp3) is 0.692. The van der Waals surface area contributed by atoms with Gasteiger partial charge in [-0.05, 0) is 25.5 Å². The lowest BCUT2D eigenvalue weighted by molar-refractivity contribution is -0.123. The number of hydrogen-bond donors (Lipinski definition) is 2. The fourth-order valence-corrected chi connectivity index (χ4v) is 2.34. The van der Waals surface area contributed by atoms with Gasteiger partial charge in [0.25, 0.3) is 0 Å². The van der Waals surface area contributed by atoms with E-state index in [1.54, 1.807) is 6.20 Å². The van der Waals surface area contributed by atoms with Crippen LogP contribution in [0.3, 0.4) is 0 Å². The van der Waals surface area contributed by atoms with Crippen molar-refractivity contribution in [2.45, 2.75) is 38.1 Å². The van der Waals surface area contributed by atoms with Crippen molar-refractivity contribution < 1.29 is 4.79 Å². The van der Waals surface area contributed by atoms with Crippen LogP contribution in [0.25, 0.3) is 0 Å². The molecule has 5 heteroatoms. The lowest BCUT2D eigenvalue weighted by Gasteiger charge is -2.15. The van der Waals surface area contributed by atoms with E-state index in [9.17, 15) is 4.79 Å². The zero-order valence-corrected chi connectivity index (χ0v) is 11.0. The minimum Gasteiger partial charge on any atom is -0.354 e. The molecule has 1 aromatic heterocycles. The van der Waals surface area contributed by atoms with Crippen LogP contribution in [0, 0.1) is 0 Å². The first-order valence-electron chi connectivity index (χ1n) is 6.75. The van der Waals surface area contributed by atoms with Crippen molar-refractivity contribution in [3.05, 3.63) is 18.0 Å². The largest absolute Gasteiger partial charge is 0.354 e. The highest BCUT2D eigenvalue weighted by Gasteiger charge is 2.18. The Bertz CT molecular complexity index is 380. The minimum atomic E-state index is -0.000891. The Labute approximate surface area is 108 Å². The third kappa shape index (κ3) is 3.57. The fourth-order valence-electron chi connectivity index (χ4n) is 2.34. The van der Waals surface area contributed by atoms with Gasteiger partial charge in [0.15, 0.2) is 0 Å². The molecule has 0 spiro atoms. The second-order valence-corrected chi connectivity index (χ2v) is 4.84. The van der Waals surface area contributed by atoms with E-state index >= 15 is 0 Å². The molecular weight excluding hydrogens is 228 g/mol. The van der Waals surface area contributed by atoms with Gasteiger partial charge in [-0.15, -0.1) is 0 Å². The molecule has 100 valence electrons. The number of aromatic nitrogens is 2. The Morgan fingerprint density at radius 1 is 1.56 bits per heavy atom. The Morgan fingerprint density at radius 3 is 3.22 bits per heavy atom. The van der Waals surface area contributed by atoms with Crippen LogP contribution in [0.15, 0.2) is 12.3 Å². The number of carbonyl (C=O) groups is 1. The summed E-state index contributed by atoms with van der Waals surface area (Å²) in [6, 6.07) is 1.98. The highest BCUT2D eigenvalue weighted by atomic mass is 16.2. The highest BCUT2D eigenvalue weighted by Crippen LogP contribution is 2.08. The van der Waals surface area contributed by atoms with Crippen LogP contribution in [-0.4, -0.2) is 34.8 Å². The molecule has 0 aliphatic carbocycles. The van der Waals surface area contributed by atoms with Crippen LogP contribution in [0.5, 0.6) is 0 Å². The van der Waals surface area contributed by atoms with Gasteiger partial charge in [-0.2, -0.15) is 5.10 Å². The van der Waals surface area contributed by atoms with E-state index in [0.29, 0.717) is 6.54 Å². The monoisotopic (exact) mass is 250 g/mol. The summed E-state index contributed by atoms with van der Waals surface area (Å²) in [5, 5.41) is 10.4. The van der Waals surface area contributed by atoms with Crippen LogP contribution < -0.4 is 10.6 Å². The molecule has 1 fully saturated rings. The van der Waals surface area contributed by atoms with Gasteiger partial charge in [0, 0.05) is 31.9 Å². The first-order chi connectivity index (χ1) is 8.77. The zero-order valence-electron chi connectivity index (χ0n) is 11.0. The van der Waals surface area contributed by atoms with Crippen LogP contribution >= 0.6 is 0 Å². The highest BCUT2D eigenvalue weighted by molar-refractivity contribution is 5.81. The second kappa shape index (κ2) is 6.54. The summed E-state index contributed by atoms with van der Waals surface area (Å²) < 4.78 is 1.84. The van der Waals surface area contributed by atoms with E-state index in [-0.39, 0.29) is 11.9 Å². The first kappa shape index (κ1) is 13.1. The molecule has 1 unspecified atom stereocenters. The van der Waals surface area contributed by atoms with Crippen molar-refractivity contribution in [3.63, 3.8) is 0 Å². The van der Waals surface area contributed by atoms with Crippen molar-refractivity contribution in [3.8, 4) is 0 Å². The van der Waals surface area contributed by atoms with Gasteiger partial charge in [-0.25, -0.2) is 0 Å². The number of amides is 1. The number of nitrogens with one attached hydrogen (secondary N) is 2. The van der Waals surface area contributed by atoms with Crippen molar-refractivity contribution in [2.24, 2.45) is 7.05 Å². The lowest BCUT2D eigenvalue weighted by atomic mass is 10.1. The summed E-state index contributed by atoms with van der Waals surface area (Å²) in [7, 11) is 1.92. The molecule has 2 rings (SSSR count). The van der Waals surface area contributed by atoms with Crippen LogP contribution in [0.1, 0.15) is 31.4 Å². The molecule has 5 nitrogen and oxygen atoms in total. The zero-order chi connectivity index (χ0) is 12.8. The van der Waals surface area contributed by atoms with Crippen LogP contribution in [0.4, 0.5) is 0 Å². The van der Waals surface area contributed by atoms with Crippen molar-refractivity contribution >= 4 is 5.91 Å². The van der Waals surface area contributed by atoms with Crippen molar-refractivity contribution in [1.82, 2.24) is 20.4 Å². The van der Waals surface area contributed by atoms with Gasteiger partial charge in [0.2, 0.25) is 5.91 Å². The van der Waals surface area contributed by atoms with E-state index < -0.39 is 0 Å². The molecule has 2 N–H and O–H groups in total.